The number of para-hydroxylation sites is 3. The summed E-state index contributed by atoms with van der Waals surface area (Å²) in [6.07, 6.45) is 0. The molecule has 2 aromatic carbocycles. The monoisotopic (exact) mass is 283 g/mol. The molecule has 3 aromatic rings. The van der Waals surface area contributed by atoms with Crippen molar-refractivity contribution in [2.45, 2.75) is 12.5 Å². The molecule has 21 heavy (non-hydrogen) atoms. The van der Waals surface area contributed by atoms with Gasteiger partial charge < -0.3 is 14.3 Å². The van der Waals surface area contributed by atoms with Crippen LogP contribution in [0.25, 0.3) is 11.1 Å². The summed E-state index contributed by atoms with van der Waals surface area (Å²) in [5.41, 5.74) is -0.575. The van der Waals surface area contributed by atoms with Crippen LogP contribution in [0.4, 0.5) is 0 Å². The summed E-state index contributed by atoms with van der Waals surface area (Å²) in [6.45, 7) is 1.42. The zero-order valence-electron chi connectivity index (χ0n) is 11.3. The van der Waals surface area contributed by atoms with E-state index >= 15 is 0 Å². The van der Waals surface area contributed by atoms with Crippen LogP contribution in [0, 0.1) is 0 Å². The van der Waals surface area contributed by atoms with E-state index in [0.717, 1.165) is 0 Å². The summed E-state index contributed by atoms with van der Waals surface area (Å²) in [5, 5.41) is 9.55. The van der Waals surface area contributed by atoms with Gasteiger partial charge in [0.2, 0.25) is 0 Å². The first-order chi connectivity index (χ1) is 10.1. The Bertz CT molecular complexity index is 748. The minimum absolute atomic E-state index is 0.0139. The number of aromatic nitrogens is 1. The lowest BCUT2D eigenvalue weighted by molar-refractivity contribution is -0.156. The second kappa shape index (κ2) is 4.94. The Morgan fingerprint density at radius 2 is 1.81 bits per heavy atom. The highest BCUT2D eigenvalue weighted by Crippen LogP contribution is 2.30. The topological polar surface area (TPSA) is 72.6 Å². The van der Waals surface area contributed by atoms with Gasteiger partial charge >= 0.3 is 5.97 Å². The van der Waals surface area contributed by atoms with Gasteiger partial charge in [-0.15, -0.1) is 0 Å². The van der Waals surface area contributed by atoms with Gasteiger partial charge in [-0.25, -0.2) is 9.78 Å². The average molecular weight is 283 g/mol. The van der Waals surface area contributed by atoms with Crippen molar-refractivity contribution in [1.29, 1.82) is 0 Å². The van der Waals surface area contributed by atoms with Gasteiger partial charge in [-0.1, -0.05) is 30.3 Å². The second-order valence-corrected chi connectivity index (χ2v) is 4.74. The van der Waals surface area contributed by atoms with Crippen molar-refractivity contribution in [3.8, 4) is 5.75 Å². The molecule has 0 bridgehead atoms. The molecule has 0 amide bonds. The molecule has 5 nitrogen and oxygen atoms in total. The van der Waals surface area contributed by atoms with Crippen LogP contribution in [0.3, 0.4) is 0 Å². The molecule has 3 rings (SSSR count). The fourth-order valence-corrected chi connectivity index (χ4v) is 1.98. The van der Waals surface area contributed by atoms with E-state index in [1.807, 2.05) is 12.1 Å². The van der Waals surface area contributed by atoms with Crippen LogP contribution < -0.4 is 4.74 Å². The van der Waals surface area contributed by atoms with Crippen LogP contribution in [0.1, 0.15) is 12.8 Å². The molecule has 0 spiro atoms. The lowest BCUT2D eigenvalue weighted by Gasteiger charge is -2.22. The maximum absolute atomic E-state index is 11.7. The van der Waals surface area contributed by atoms with Crippen LogP contribution in [-0.4, -0.2) is 16.1 Å². The van der Waals surface area contributed by atoms with Gasteiger partial charge in [0.1, 0.15) is 11.3 Å². The molecular weight excluding hydrogens is 270 g/mol. The molecule has 5 heteroatoms. The van der Waals surface area contributed by atoms with Crippen molar-refractivity contribution in [3.63, 3.8) is 0 Å². The zero-order valence-corrected chi connectivity index (χ0v) is 11.3. The van der Waals surface area contributed by atoms with Crippen LogP contribution in [0.2, 0.25) is 0 Å². The van der Waals surface area contributed by atoms with Gasteiger partial charge in [0.15, 0.2) is 5.58 Å². The number of nitrogens with zero attached hydrogens (tertiary/aromatic N) is 1. The van der Waals surface area contributed by atoms with Crippen LogP contribution in [-0.2, 0) is 10.4 Å². The van der Waals surface area contributed by atoms with E-state index in [2.05, 4.69) is 4.98 Å². The molecule has 1 aromatic heterocycles. The van der Waals surface area contributed by atoms with Gasteiger partial charge in [0.05, 0.1) is 0 Å². The number of carboxylic acids is 1. The molecule has 0 saturated heterocycles. The zero-order chi connectivity index (χ0) is 14.9. The largest absolute Gasteiger partial charge is 0.478 e. The summed E-state index contributed by atoms with van der Waals surface area (Å²) in [5.74, 6) is -0.720. The Balaban J connectivity index is 2.06. The van der Waals surface area contributed by atoms with E-state index in [-0.39, 0.29) is 5.89 Å². The Labute approximate surface area is 120 Å². The van der Waals surface area contributed by atoms with Crippen LogP contribution in [0.5, 0.6) is 5.75 Å². The smallest absolute Gasteiger partial charge is 0.357 e. The quantitative estimate of drug-likeness (QED) is 0.796. The van der Waals surface area contributed by atoms with E-state index in [1.54, 1.807) is 42.5 Å². The van der Waals surface area contributed by atoms with Crippen LogP contribution in [0.15, 0.2) is 59.0 Å². The van der Waals surface area contributed by atoms with Crippen molar-refractivity contribution in [1.82, 2.24) is 4.98 Å². The van der Waals surface area contributed by atoms with Crippen molar-refractivity contribution in [2.75, 3.05) is 0 Å². The van der Waals surface area contributed by atoms with Crippen molar-refractivity contribution >= 4 is 17.1 Å². The number of hydrogen-bond acceptors (Lipinski definition) is 4. The number of ether oxygens (including phenoxy) is 1. The first kappa shape index (κ1) is 13.2. The van der Waals surface area contributed by atoms with E-state index < -0.39 is 11.6 Å². The van der Waals surface area contributed by atoms with Crippen molar-refractivity contribution in [3.05, 3.63) is 60.5 Å². The summed E-state index contributed by atoms with van der Waals surface area (Å²) < 4.78 is 11.2. The van der Waals surface area contributed by atoms with E-state index in [0.29, 0.717) is 16.8 Å². The van der Waals surface area contributed by atoms with Gasteiger partial charge in [-0.2, -0.15) is 0 Å². The molecule has 1 unspecified atom stereocenters. The molecule has 0 aliphatic heterocycles. The number of carbonyl (C=O) groups is 1. The standard InChI is InChI=1S/C16H13NO4/c1-16(15(18)19,21-11-7-3-2-4-8-11)14-17-12-9-5-6-10-13(12)20-14/h2-10H,1H3,(H,18,19). The number of fused-ring (bicyclic) bond motifs is 1. The van der Waals surface area contributed by atoms with Crippen molar-refractivity contribution in [2.24, 2.45) is 0 Å². The molecule has 0 saturated carbocycles. The summed E-state index contributed by atoms with van der Waals surface area (Å²) in [6, 6.07) is 15.8. The molecule has 106 valence electrons. The third-order valence-corrected chi connectivity index (χ3v) is 3.18. The van der Waals surface area contributed by atoms with Gasteiger partial charge in [0.25, 0.3) is 11.5 Å². The first-order valence-electron chi connectivity index (χ1n) is 6.43. The van der Waals surface area contributed by atoms with Crippen molar-refractivity contribution < 1.29 is 19.1 Å². The normalized spacial score (nSPS) is 13.8. The fourth-order valence-electron chi connectivity index (χ4n) is 1.98. The van der Waals surface area contributed by atoms with E-state index in [1.165, 1.54) is 6.92 Å². The molecule has 1 heterocycles. The third kappa shape index (κ3) is 2.33. The minimum Gasteiger partial charge on any atom is -0.478 e. The molecule has 0 fully saturated rings. The Kier molecular flexibility index (Phi) is 3.10. The number of hydrogen-bond donors (Lipinski definition) is 1. The maximum Gasteiger partial charge on any atom is 0.357 e. The van der Waals surface area contributed by atoms with Gasteiger partial charge in [-0.3, -0.25) is 0 Å². The summed E-state index contributed by atoms with van der Waals surface area (Å²) in [4.78, 5) is 15.9. The predicted molar refractivity (Wildman–Crippen MR) is 76.1 cm³/mol. The lowest BCUT2D eigenvalue weighted by atomic mass is 10.1. The number of benzene rings is 2. The molecular formula is C16H13NO4. The number of rotatable bonds is 4. The first-order valence-corrected chi connectivity index (χ1v) is 6.43. The van der Waals surface area contributed by atoms with E-state index in [4.69, 9.17) is 9.15 Å². The fraction of sp³-hybridized carbons (Fsp3) is 0.125. The van der Waals surface area contributed by atoms with Gasteiger partial charge in [-0.05, 0) is 31.2 Å². The third-order valence-electron chi connectivity index (χ3n) is 3.18. The predicted octanol–water partition coefficient (Wildman–Crippen LogP) is 3.21. The Morgan fingerprint density at radius 3 is 2.48 bits per heavy atom. The molecule has 1 N–H and O–H groups in total. The summed E-state index contributed by atoms with van der Waals surface area (Å²) in [7, 11) is 0. The summed E-state index contributed by atoms with van der Waals surface area (Å²) >= 11 is 0. The molecule has 0 aliphatic carbocycles. The molecule has 1 atom stereocenters. The van der Waals surface area contributed by atoms with Crippen LogP contribution >= 0.6 is 0 Å². The maximum atomic E-state index is 11.7. The van der Waals surface area contributed by atoms with Gasteiger partial charge in [0, 0.05) is 0 Å². The number of oxazole rings is 1. The lowest BCUT2D eigenvalue weighted by Crippen LogP contribution is -2.38. The average Bonchev–Trinajstić information content (AvgIpc) is 2.92. The Morgan fingerprint density at radius 1 is 1.14 bits per heavy atom. The Hall–Kier alpha value is -2.82. The highest BCUT2D eigenvalue weighted by molar-refractivity contribution is 5.80. The van der Waals surface area contributed by atoms with E-state index in [9.17, 15) is 9.90 Å². The number of carboxylic acid groups (broad SMARTS) is 1. The highest BCUT2D eigenvalue weighted by Gasteiger charge is 2.43. The minimum atomic E-state index is -1.69. The molecule has 0 radical (unpaired) electrons. The highest BCUT2D eigenvalue weighted by atomic mass is 16.5. The number of aliphatic carboxylic acids is 1. The molecule has 0 aliphatic rings. The second-order valence-electron chi connectivity index (χ2n) is 4.74. The SMILES string of the molecule is CC(Oc1ccccc1)(C(=O)O)c1nc2ccccc2o1.